The summed E-state index contributed by atoms with van der Waals surface area (Å²) < 4.78 is 11.4. The lowest BCUT2D eigenvalue weighted by molar-refractivity contribution is 0.0229. The SMILES string of the molecule is CC(C)(C)OC(=O)N1CCC2(Cc3cc(N)cnc3O2)C1. The number of likely N-dealkylation sites (tertiary alicyclic amines) is 1. The van der Waals surface area contributed by atoms with E-state index in [1.54, 1.807) is 11.1 Å². The highest BCUT2D eigenvalue weighted by Crippen LogP contribution is 2.40. The van der Waals surface area contributed by atoms with Crippen molar-refractivity contribution in [2.45, 2.75) is 44.8 Å². The van der Waals surface area contributed by atoms with Crippen molar-refractivity contribution in [3.8, 4) is 5.88 Å². The van der Waals surface area contributed by atoms with Crippen LogP contribution in [0.3, 0.4) is 0 Å². The summed E-state index contributed by atoms with van der Waals surface area (Å²) in [4.78, 5) is 18.1. The number of carbonyl (C=O) groups excluding carboxylic acids is 1. The van der Waals surface area contributed by atoms with E-state index in [2.05, 4.69) is 4.98 Å². The van der Waals surface area contributed by atoms with Crippen LogP contribution in [-0.4, -0.2) is 40.3 Å². The van der Waals surface area contributed by atoms with Gasteiger partial charge in [0.1, 0.15) is 11.2 Å². The summed E-state index contributed by atoms with van der Waals surface area (Å²) in [6, 6.07) is 1.90. The zero-order valence-corrected chi connectivity index (χ0v) is 12.7. The van der Waals surface area contributed by atoms with Crippen molar-refractivity contribution in [1.82, 2.24) is 9.88 Å². The van der Waals surface area contributed by atoms with Crippen LogP contribution < -0.4 is 10.5 Å². The summed E-state index contributed by atoms with van der Waals surface area (Å²) in [5.74, 6) is 0.634. The van der Waals surface area contributed by atoms with Gasteiger partial charge in [-0.05, 0) is 26.8 Å². The monoisotopic (exact) mass is 291 g/mol. The minimum absolute atomic E-state index is 0.286. The molecule has 2 aliphatic rings. The smallest absolute Gasteiger partial charge is 0.410 e. The van der Waals surface area contributed by atoms with Gasteiger partial charge in [0.05, 0.1) is 18.4 Å². The van der Waals surface area contributed by atoms with Crippen molar-refractivity contribution < 1.29 is 14.3 Å². The molecule has 2 N–H and O–H groups in total. The fraction of sp³-hybridized carbons (Fsp3) is 0.600. The summed E-state index contributed by atoms with van der Waals surface area (Å²) in [6.07, 6.45) is 2.83. The molecule has 2 aliphatic heterocycles. The summed E-state index contributed by atoms with van der Waals surface area (Å²) in [5, 5.41) is 0. The van der Waals surface area contributed by atoms with Crippen LogP contribution in [0.25, 0.3) is 0 Å². The standard InChI is InChI=1S/C15H21N3O3/c1-14(2,3)21-13(19)18-5-4-15(9-18)7-10-6-11(16)8-17-12(10)20-15/h6,8H,4-5,7,9,16H2,1-3H3. The second kappa shape index (κ2) is 4.51. The molecule has 6 heteroatoms. The minimum Gasteiger partial charge on any atom is -0.469 e. The maximum atomic E-state index is 12.1. The van der Waals surface area contributed by atoms with Crippen molar-refractivity contribution >= 4 is 11.8 Å². The second-order valence-electron chi connectivity index (χ2n) is 6.85. The number of anilines is 1. The van der Waals surface area contributed by atoms with Gasteiger partial charge in [0.25, 0.3) is 0 Å². The molecule has 0 aliphatic carbocycles. The number of hydrogen-bond acceptors (Lipinski definition) is 5. The number of nitrogens with zero attached hydrogens (tertiary/aromatic N) is 2. The Morgan fingerprint density at radius 1 is 1.52 bits per heavy atom. The Morgan fingerprint density at radius 2 is 2.29 bits per heavy atom. The van der Waals surface area contributed by atoms with E-state index in [1.165, 1.54) is 0 Å². The second-order valence-corrected chi connectivity index (χ2v) is 6.85. The first-order valence-corrected chi connectivity index (χ1v) is 7.18. The first kappa shape index (κ1) is 14.0. The van der Waals surface area contributed by atoms with Crippen LogP contribution in [-0.2, 0) is 11.2 Å². The van der Waals surface area contributed by atoms with E-state index in [0.717, 1.165) is 18.4 Å². The molecule has 0 bridgehead atoms. The van der Waals surface area contributed by atoms with Gasteiger partial charge in [-0.3, -0.25) is 0 Å². The van der Waals surface area contributed by atoms with E-state index in [4.69, 9.17) is 15.2 Å². The van der Waals surface area contributed by atoms with Gasteiger partial charge in [-0.2, -0.15) is 0 Å². The third-order valence-corrected chi connectivity index (χ3v) is 3.74. The Labute approximate surface area is 124 Å². The molecule has 0 radical (unpaired) electrons. The predicted octanol–water partition coefficient (Wildman–Crippen LogP) is 1.98. The van der Waals surface area contributed by atoms with E-state index in [9.17, 15) is 4.79 Å². The highest BCUT2D eigenvalue weighted by molar-refractivity contribution is 5.69. The normalized spacial score (nSPS) is 24.0. The van der Waals surface area contributed by atoms with Gasteiger partial charge in [0.15, 0.2) is 0 Å². The molecule has 0 saturated carbocycles. The lowest BCUT2D eigenvalue weighted by atomic mass is 9.97. The number of nitrogen functional groups attached to an aromatic ring is 1. The Bertz CT molecular complexity index is 582. The first-order chi connectivity index (χ1) is 9.76. The van der Waals surface area contributed by atoms with E-state index in [0.29, 0.717) is 24.7 Å². The van der Waals surface area contributed by atoms with Crippen LogP contribution in [0, 0.1) is 0 Å². The van der Waals surface area contributed by atoms with Crippen molar-refractivity contribution in [2.24, 2.45) is 0 Å². The molecule has 1 aromatic heterocycles. The van der Waals surface area contributed by atoms with Crippen molar-refractivity contribution in [3.63, 3.8) is 0 Å². The molecule has 3 heterocycles. The molecule has 1 amide bonds. The summed E-state index contributed by atoms with van der Waals surface area (Å²) in [5.41, 5.74) is 6.55. The number of aromatic nitrogens is 1. The molecule has 1 saturated heterocycles. The minimum atomic E-state index is -0.484. The number of amides is 1. The Balaban J connectivity index is 1.70. The molecule has 0 aromatic carbocycles. The fourth-order valence-corrected chi connectivity index (χ4v) is 2.88. The van der Waals surface area contributed by atoms with Gasteiger partial charge in [0.2, 0.25) is 5.88 Å². The van der Waals surface area contributed by atoms with E-state index in [1.807, 2.05) is 26.8 Å². The van der Waals surface area contributed by atoms with Crippen molar-refractivity contribution in [2.75, 3.05) is 18.8 Å². The molecular formula is C15H21N3O3. The van der Waals surface area contributed by atoms with Crippen LogP contribution in [0.2, 0.25) is 0 Å². The molecule has 21 heavy (non-hydrogen) atoms. The van der Waals surface area contributed by atoms with Gasteiger partial charge in [-0.25, -0.2) is 9.78 Å². The topological polar surface area (TPSA) is 77.7 Å². The molecule has 114 valence electrons. The van der Waals surface area contributed by atoms with Crippen molar-refractivity contribution in [3.05, 3.63) is 17.8 Å². The summed E-state index contributed by atoms with van der Waals surface area (Å²) in [7, 11) is 0. The first-order valence-electron chi connectivity index (χ1n) is 7.18. The van der Waals surface area contributed by atoms with Crippen LogP contribution in [0.5, 0.6) is 5.88 Å². The molecule has 1 unspecified atom stereocenters. The Morgan fingerprint density at radius 3 is 3.00 bits per heavy atom. The maximum absolute atomic E-state index is 12.1. The summed E-state index contributed by atoms with van der Waals surface area (Å²) in [6.45, 7) is 6.76. The predicted molar refractivity (Wildman–Crippen MR) is 78.1 cm³/mol. The molecule has 6 nitrogen and oxygen atoms in total. The van der Waals surface area contributed by atoms with Gasteiger partial charge < -0.3 is 20.1 Å². The molecule has 1 spiro atoms. The van der Waals surface area contributed by atoms with Gasteiger partial charge in [-0.1, -0.05) is 0 Å². The lowest BCUT2D eigenvalue weighted by Crippen LogP contribution is -2.41. The van der Waals surface area contributed by atoms with E-state index in [-0.39, 0.29) is 11.7 Å². The number of nitrogens with two attached hydrogens (primary N) is 1. The van der Waals surface area contributed by atoms with Gasteiger partial charge >= 0.3 is 6.09 Å². The van der Waals surface area contributed by atoms with Crippen LogP contribution in [0.1, 0.15) is 32.8 Å². The van der Waals surface area contributed by atoms with E-state index < -0.39 is 5.60 Å². The number of ether oxygens (including phenoxy) is 2. The maximum Gasteiger partial charge on any atom is 0.410 e. The van der Waals surface area contributed by atoms with Crippen molar-refractivity contribution in [1.29, 1.82) is 0 Å². The number of fused-ring (bicyclic) bond motifs is 1. The number of carbonyl (C=O) groups is 1. The molecule has 3 rings (SSSR count). The third-order valence-electron chi connectivity index (χ3n) is 3.74. The number of pyridine rings is 1. The zero-order valence-electron chi connectivity index (χ0n) is 12.7. The largest absolute Gasteiger partial charge is 0.469 e. The molecular weight excluding hydrogens is 270 g/mol. The quantitative estimate of drug-likeness (QED) is 0.790. The highest BCUT2D eigenvalue weighted by atomic mass is 16.6. The van der Waals surface area contributed by atoms with Gasteiger partial charge in [-0.15, -0.1) is 0 Å². The third kappa shape index (κ3) is 2.75. The Kier molecular flexibility index (Phi) is 3.00. The van der Waals surface area contributed by atoms with Gasteiger partial charge in [0, 0.05) is 24.9 Å². The highest BCUT2D eigenvalue weighted by Gasteiger charge is 2.47. The van der Waals surface area contributed by atoms with Crippen LogP contribution >= 0.6 is 0 Å². The molecule has 1 atom stereocenters. The fourth-order valence-electron chi connectivity index (χ4n) is 2.88. The number of rotatable bonds is 0. The average Bonchev–Trinajstić information content (AvgIpc) is 2.90. The van der Waals surface area contributed by atoms with Crippen LogP contribution in [0.4, 0.5) is 10.5 Å². The zero-order chi connectivity index (χ0) is 15.3. The number of hydrogen-bond donors (Lipinski definition) is 1. The average molecular weight is 291 g/mol. The van der Waals surface area contributed by atoms with Crippen LogP contribution in [0.15, 0.2) is 12.3 Å². The van der Waals surface area contributed by atoms with E-state index >= 15 is 0 Å². The lowest BCUT2D eigenvalue weighted by Gasteiger charge is -2.26. The molecule has 1 fully saturated rings. The molecule has 1 aromatic rings. The summed E-state index contributed by atoms with van der Waals surface area (Å²) >= 11 is 0. The Hall–Kier alpha value is -1.98.